The molecule has 102 valence electrons. The summed E-state index contributed by atoms with van der Waals surface area (Å²) in [5.74, 6) is 0.379. The number of hydrogen-bond donors (Lipinski definition) is 2. The molecule has 0 bridgehead atoms. The van der Waals surface area contributed by atoms with Crippen LogP contribution in [0.1, 0.15) is 18.4 Å². The Morgan fingerprint density at radius 1 is 1.00 bits per heavy atom. The summed E-state index contributed by atoms with van der Waals surface area (Å²) in [6.07, 6.45) is 2.05. The molecule has 1 saturated carbocycles. The Labute approximate surface area is 119 Å². The Hall–Kier alpha value is -2.29. The SMILES string of the molecule is Cc1ccccc1Nc1ccc(NC(=O)C2CC2)cc1. The summed E-state index contributed by atoms with van der Waals surface area (Å²) >= 11 is 0. The zero-order valence-electron chi connectivity index (χ0n) is 11.5. The number of carbonyl (C=O) groups excluding carboxylic acids is 1. The molecule has 2 aromatic rings. The molecule has 20 heavy (non-hydrogen) atoms. The van der Waals surface area contributed by atoms with Gasteiger partial charge < -0.3 is 10.6 Å². The quantitative estimate of drug-likeness (QED) is 0.875. The maximum absolute atomic E-state index is 11.7. The second-order valence-electron chi connectivity index (χ2n) is 5.28. The molecule has 1 fully saturated rings. The van der Waals surface area contributed by atoms with Crippen molar-refractivity contribution in [2.24, 2.45) is 5.92 Å². The molecular weight excluding hydrogens is 248 g/mol. The first-order valence-corrected chi connectivity index (χ1v) is 6.96. The van der Waals surface area contributed by atoms with Gasteiger partial charge in [0.1, 0.15) is 0 Å². The smallest absolute Gasteiger partial charge is 0.227 e. The minimum Gasteiger partial charge on any atom is -0.355 e. The molecule has 0 heterocycles. The number of benzene rings is 2. The fourth-order valence-corrected chi connectivity index (χ4v) is 2.10. The van der Waals surface area contributed by atoms with Gasteiger partial charge in [0.25, 0.3) is 0 Å². The van der Waals surface area contributed by atoms with E-state index in [0.29, 0.717) is 0 Å². The van der Waals surface area contributed by atoms with E-state index in [1.165, 1.54) is 5.56 Å². The topological polar surface area (TPSA) is 41.1 Å². The van der Waals surface area contributed by atoms with Crippen LogP contribution in [0.3, 0.4) is 0 Å². The molecule has 3 rings (SSSR count). The minimum absolute atomic E-state index is 0.143. The van der Waals surface area contributed by atoms with Gasteiger partial charge >= 0.3 is 0 Å². The predicted octanol–water partition coefficient (Wildman–Crippen LogP) is 4.09. The molecule has 0 aliphatic heterocycles. The summed E-state index contributed by atoms with van der Waals surface area (Å²) in [7, 11) is 0. The van der Waals surface area contributed by atoms with Crippen molar-refractivity contribution in [1.82, 2.24) is 0 Å². The Balaban J connectivity index is 1.66. The van der Waals surface area contributed by atoms with Crippen molar-refractivity contribution in [3.05, 3.63) is 54.1 Å². The Morgan fingerprint density at radius 3 is 2.30 bits per heavy atom. The monoisotopic (exact) mass is 266 g/mol. The maximum Gasteiger partial charge on any atom is 0.227 e. The van der Waals surface area contributed by atoms with Gasteiger partial charge in [-0.2, -0.15) is 0 Å². The molecule has 1 aliphatic rings. The molecular formula is C17H18N2O. The summed E-state index contributed by atoms with van der Waals surface area (Å²) in [4.78, 5) is 11.7. The molecule has 0 radical (unpaired) electrons. The summed E-state index contributed by atoms with van der Waals surface area (Å²) in [5, 5.41) is 6.31. The lowest BCUT2D eigenvalue weighted by atomic mass is 10.2. The number of anilines is 3. The fraction of sp³-hybridized carbons (Fsp3) is 0.235. The Kier molecular flexibility index (Phi) is 3.42. The first-order valence-electron chi connectivity index (χ1n) is 6.96. The van der Waals surface area contributed by atoms with Crippen LogP contribution >= 0.6 is 0 Å². The van der Waals surface area contributed by atoms with E-state index in [4.69, 9.17) is 0 Å². The van der Waals surface area contributed by atoms with Gasteiger partial charge in [-0.3, -0.25) is 4.79 Å². The summed E-state index contributed by atoms with van der Waals surface area (Å²) in [6, 6.07) is 16.0. The summed E-state index contributed by atoms with van der Waals surface area (Å²) in [6.45, 7) is 2.08. The van der Waals surface area contributed by atoms with Gasteiger partial charge in [-0.1, -0.05) is 18.2 Å². The zero-order valence-corrected chi connectivity index (χ0v) is 11.5. The van der Waals surface area contributed by atoms with Crippen molar-refractivity contribution in [3.63, 3.8) is 0 Å². The molecule has 0 unspecified atom stereocenters. The van der Waals surface area contributed by atoms with Crippen molar-refractivity contribution in [2.75, 3.05) is 10.6 Å². The third-order valence-electron chi connectivity index (χ3n) is 3.52. The largest absolute Gasteiger partial charge is 0.355 e. The van der Waals surface area contributed by atoms with Gasteiger partial charge in [-0.05, 0) is 55.7 Å². The van der Waals surface area contributed by atoms with Crippen molar-refractivity contribution in [3.8, 4) is 0 Å². The Morgan fingerprint density at radius 2 is 1.65 bits per heavy atom. The van der Waals surface area contributed by atoms with E-state index in [1.54, 1.807) is 0 Å². The molecule has 2 aromatic carbocycles. The normalized spacial score (nSPS) is 13.8. The van der Waals surface area contributed by atoms with Crippen LogP contribution in [0, 0.1) is 12.8 Å². The van der Waals surface area contributed by atoms with Crippen molar-refractivity contribution in [1.29, 1.82) is 0 Å². The maximum atomic E-state index is 11.7. The second kappa shape index (κ2) is 5.37. The van der Waals surface area contributed by atoms with Crippen molar-refractivity contribution < 1.29 is 4.79 Å². The van der Waals surface area contributed by atoms with Gasteiger partial charge in [0.05, 0.1) is 0 Å². The first-order chi connectivity index (χ1) is 9.72. The summed E-state index contributed by atoms with van der Waals surface area (Å²) in [5.41, 5.74) is 4.18. The number of para-hydroxylation sites is 1. The molecule has 0 atom stereocenters. The van der Waals surface area contributed by atoms with Crippen LogP contribution in [0.2, 0.25) is 0 Å². The van der Waals surface area contributed by atoms with Gasteiger partial charge in [0, 0.05) is 23.0 Å². The fourth-order valence-electron chi connectivity index (χ4n) is 2.10. The standard InChI is InChI=1S/C17H18N2O/c1-12-4-2-3-5-16(12)18-14-8-10-15(11-9-14)19-17(20)13-6-7-13/h2-5,8-11,13,18H,6-7H2,1H3,(H,19,20). The molecule has 0 spiro atoms. The second-order valence-corrected chi connectivity index (χ2v) is 5.28. The average Bonchev–Trinajstić information content (AvgIpc) is 3.28. The number of amides is 1. The third kappa shape index (κ3) is 2.99. The molecule has 3 nitrogen and oxygen atoms in total. The minimum atomic E-state index is 0.143. The predicted molar refractivity (Wildman–Crippen MR) is 82.3 cm³/mol. The highest BCUT2D eigenvalue weighted by molar-refractivity contribution is 5.94. The van der Waals surface area contributed by atoms with Crippen LogP contribution in [0.4, 0.5) is 17.1 Å². The molecule has 0 aromatic heterocycles. The van der Waals surface area contributed by atoms with Crippen LogP contribution in [0.25, 0.3) is 0 Å². The number of carbonyl (C=O) groups is 1. The van der Waals surface area contributed by atoms with E-state index in [-0.39, 0.29) is 11.8 Å². The highest BCUT2D eigenvalue weighted by atomic mass is 16.2. The van der Waals surface area contributed by atoms with E-state index in [0.717, 1.165) is 29.9 Å². The van der Waals surface area contributed by atoms with E-state index < -0.39 is 0 Å². The molecule has 3 heteroatoms. The lowest BCUT2D eigenvalue weighted by molar-refractivity contribution is -0.117. The van der Waals surface area contributed by atoms with Crippen LogP contribution in [-0.4, -0.2) is 5.91 Å². The highest BCUT2D eigenvalue weighted by Gasteiger charge is 2.29. The van der Waals surface area contributed by atoms with Gasteiger partial charge in [-0.25, -0.2) is 0 Å². The zero-order chi connectivity index (χ0) is 13.9. The first kappa shape index (κ1) is 12.7. The van der Waals surface area contributed by atoms with Gasteiger partial charge in [-0.15, -0.1) is 0 Å². The van der Waals surface area contributed by atoms with Crippen LogP contribution in [-0.2, 0) is 4.79 Å². The lowest BCUT2D eigenvalue weighted by Gasteiger charge is -2.10. The van der Waals surface area contributed by atoms with Gasteiger partial charge in [0.2, 0.25) is 5.91 Å². The van der Waals surface area contributed by atoms with Crippen LogP contribution in [0.15, 0.2) is 48.5 Å². The van der Waals surface area contributed by atoms with E-state index in [1.807, 2.05) is 36.4 Å². The Bertz CT molecular complexity index is 615. The number of aryl methyl sites for hydroxylation is 1. The van der Waals surface area contributed by atoms with Gasteiger partial charge in [0.15, 0.2) is 0 Å². The summed E-state index contributed by atoms with van der Waals surface area (Å²) < 4.78 is 0. The number of rotatable bonds is 4. The van der Waals surface area contributed by atoms with E-state index >= 15 is 0 Å². The van der Waals surface area contributed by atoms with Crippen molar-refractivity contribution in [2.45, 2.75) is 19.8 Å². The molecule has 1 aliphatic carbocycles. The van der Waals surface area contributed by atoms with Crippen LogP contribution < -0.4 is 10.6 Å². The van der Waals surface area contributed by atoms with E-state index in [9.17, 15) is 4.79 Å². The molecule has 0 saturated heterocycles. The van der Waals surface area contributed by atoms with Crippen molar-refractivity contribution >= 4 is 23.0 Å². The third-order valence-corrected chi connectivity index (χ3v) is 3.52. The lowest BCUT2D eigenvalue weighted by Crippen LogP contribution is -2.13. The molecule has 1 amide bonds. The number of nitrogens with one attached hydrogen (secondary N) is 2. The average molecular weight is 266 g/mol. The number of hydrogen-bond acceptors (Lipinski definition) is 2. The van der Waals surface area contributed by atoms with Crippen LogP contribution in [0.5, 0.6) is 0 Å². The van der Waals surface area contributed by atoms with E-state index in [2.05, 4.69) is 29.7 Å². The molecule has 2 N–H and O–H groups in total. The highest BCUT2D eigenvalue weighted by Crippen LogP contribution is 2.30.